The summed E-state index contributed by atoms with van der Waals surface area (Å²) in [6.45, 7) is 0. The quantitative estimate of drug-likeness (QED) is 0.913. The molecule has 1 aliphatic carbocycles. The van der Waals surface area contributed by atoms with Crippen LogP contribution in [0.1, 0.15) is 36.9 Å². The van der Waals surface area contributed by atoms with E-state index in [2.05, 4.69) is 5.32 Å². The number of aromatic carboxylic acids is 1. The normalized spacial score (nSPS) is 13.3. The molecule has 2 aromatic rings. The third-order valence-corrected chi connectivity index (χ3v) is 5.16. The molecule has 2 aromatic heterocycles. The molecule has 2 N–H and O–H groups in total. The highest BCUT2D eigenvalue weighted by Crippen LogP contribution is 2.31. The van der Waals surface area contributed by atoms with E-state index in [0.717, 1.165) is 19.3 Å². The highest BCUT2D eigenvalue weighted by Gasteiger charge is 2.20. The van der Waals surface area contributed by atoms with Gasteiger partial charge in [0.25, 0.3) is 5.91 Å². The molecule has 0 atom stereocenters. The lowest BCUT2D eigenvalue weighted by Gasteiger charge is -2.02. The third-order valence-electron chi connectivity index (χ3n) is 3.09. The molecule has 0 unspecified atom stereocenters. The maximum absolute atomic E-state index is 12.1. The Kier molecular flexibility index (Phi) is 3.12. The Morgan fingerprint density at radius 2 is 2.16 bits per heavy atom. The summed E-state index contributed by atoms with van der Waals surface area (Å²) in [5.74, 6) is -1.24. The number of thiophene rings is 2. The van der Waals surface area contributed by atoms with Crippen molar-refractivity contribution < 1.29 is 14.7 Å². The Labute approximate surface area is 117 Å². The Morgan fingerprint density at radius 1 is 1.32 bits per heavy atom. The summed E-state index contributed by atoms with van der Waals surface area (Å²) in [7, 11) is 0. The molecule has 0 saturated heterocycles. The van der Waals surface area contributed by atoms with Gasteiger partial charge in [0.2, 0.25) is 0 Å². The molecule has 4 nitrogen and oxygen atoms in total. The molecule has 0 fully saturated rings. The summed E-state index contributed by atoms with van der Waals surface area (Å²) in [5, 5.41) is 13.7. The van der Waals surface area contributed by atoms with E-state index >= 15 is 0 Å². The SMILES string of the molecule is O=C(Nc1sccc1C(=O)O)c1cc2c(s1)CCC2. The van der Waals surface area contributed by atoms with Crippen LogP contribution in [0.4, 0.5) is 5.00 Å². The van der Waals surface area contributed by atoms with Crippen molar-refractivity contribution in [2.45, 2.75) is 19.3 Å². The number of carbonyl (C=O) groups excluding carboxylic acids is 1. The number of nitrogens with one attached hydrogen (secondary N) is 1. The number of carboxylic acids is 1. The Bertz CT molecular complexity index is 635. The first kappa shape index (κ1) is 12.4. The van der Waals surface area contributed by atoms with Gasteiger partial charge in [-0.15, -0.1) is 22.7 Å². The van der Waals surface area contributed by atoms with Crippen LogP contribution in [0.15, 0.2) is 17.5 Å². The largest absolute Gasteiger partial charge is 0.478 e. The van der Waals surface area contributed by atoms with Crippen molar-refractivity contribution in [1.29, 1.82) is 0 Å². The van der Waals surface area contributed by atoms with Crippen LogP contribution >= 0.6 is 22.7 Å². The molecule has 1 aliphatic rings. The van der Waals surface area contributed by atoms with Crippen molar-refractivity contribution in [3.05, 3.63) is 38.4 Å². The molecule has 19 heavy (non-hydrogen) atoms. The minimum absolute atomic E-state index is 0.141. The molecule has 2 heterocycles. The highest BCUT2D eigenvalue weighted by molar-refractivity contribution is 7.15. The fraction of sp³-hybridized carbons (Fsp3) is 0.231. The van der Waals surface area contributed by atoms with E-state index in [1.807, 2.05) is 6.07 Å². The predicted octanol–water partition coefficient (Wildman–Crippen LogP) is 3.25. The van der Waals surface area contributed by atoms with E-state index in [1.54, 1.807) is 5.38 Å². The molecule has 0 bridgehead atoms. The van der Waals surface area contributed by atoms with Gasteiger partial charge in [0.05, 0.1) is 10.4 Å². The average Bonchev–Trinajstić information content (AvgIpc) is 3.01. The monoisotopic (exact) mass is 293 g/mol. The van der Waals surface area contributed by atoms with Crippen molar-refractivity contribution >= 4 is 39.6 Å². The van der Waals surface area contributed by atoms with Crippen LogP contribution < -0.4 is 5.32 Å². The second-order valence-electron chi connectivity index (χ2n) is 4.34. The minimum Gasteiger partial charge on any atom is -0.478 e. The zero-order chi connectivity index (χ0) is 13.4. The van der Waals surface area contributed by atoms with E-state index < -0.39 is 5.97 Å². The van der Waals surface area contributed by atoms with Crippen molar-refractivity contribution in [2.75, 3.05) is 5.32 Å². The number of aryl methyl sites for hydroxylation is 2. The maximum Gasteiger partial charge on any atom is 0.338 e. The summed E-state index contributed by atoms with van der Waals surface area (Å²) in [6.07, 6.45) is 3.25. The Hall–Kier alpha value is -1.66. The Morgan fingerprint density at radius 3 is 2.89 bits per heavy atom. The molecule has 0 aliphatic heterocycles. The molecule has 6 heteroatoms. The van der Waals surface area contributed by atoms with Gasteiger partial charge in [0.1, 0.15) is 5.00 Å². The topological polar surface area (TPSA) is 66.4 Å². The number of hydrogen-bond donors (Lipinski definition) is 2. The van der Waals surface area contributed by atoms with Crippen molar-refractivity contribution in [1.82, 2.24) is 0 Å². The standard InChI is InChI=1S/C13H11NO3S2/c15-11(10-6-7-2-1-3-9(7)19-10)14-12-8(13(16)17)4-5-18-12/h4-6H,1-3H2,(H,14,15)(H,16,17). The van der Waals surface area contributed by atoms with Gasteiger partial charge in [0, 0.05) is 4.88 Å². The molecule has 98 valence electrons. The summed E-state index contributed by atoms with van der Waals surface area (Å²) in [5.41, 5.74) is 1.40. The second-order valence-corrected chi connectivity index (χ2v) is 6.39. The van der Waals surface area contributed by atoms with Crippen LogP contribution in [0, 0.1) is 0 Å². The number of amides is 1. The lowest BCUT2D eigenvalue weighted by molar-refractivity contribution is 0.0698. The molecule has 0 spiro atoms. The van der Waals surface area contributed by atoms with Crippen LogP contribution in [-0.2, 0) is 12.8 Å². The lowest BCUT2D eigenvalue weighted by Crippen LogP contribution is -2.11. The number of hydrogen-bond acceptors (Lipinski definition) is 4. The molecular formula is C13H11NO3S2. The number of carboxylic acid groups (broad SMARTS) is 1. The summed E-state index contributed by atoms with van der Waals surface area (Å²) in [4.78, 5) is 25.0. The lowest BCUT2D eigenvalue weighted by atomic mass is 10.2. The molecule has 0 saturated carbocycles. The number of carbonyl (C=O) groups is 2. The molecule has 3 rings (SSSR count). The summed E-state index contributed by atoms with van der Waals surface area (Å²) < 4.78 is 0. The van der Waals surface area contributed by atoms with Gasteiger partial charge < -0.3 is 10.4 Å². The van der Waals surface area contributed by atoms with Gasteiger partial charge in [-0.2, -0.15) is 0 Å². The van der Waals surface area contributed by atoms with Gasteiger partial charge in [0.15, 0.2) is 0 Å². The molecular weight excluding hydrogens is 282 g/mol. The van der Waals surface area contributed by atoms with Crippen LogP contribution in [0.3, 0.4) is 0 Å². The number of anilines is 1. The summed E-state index contributed by atoms with van der Waals surface area (Å²) in [6, 6.07) is 3.42. The molecule has 0 aromatic carbocycles. The smallest absolute Gasteiger partial charge is 0.338 e. The van der Waals surface area contributed by atoms with Crippen LogP contribution in [-0.4, -0.2) is 17.0 Å². The zero-order valence-corrected chi connectivity index (χ0v) is 11.6. The van der Waals surface area contributed by atoms with E-state index in [9.17, 15) is 9.59 Å². The molecule has 1 amide bonds. The number of rotatable bonds is 3. The van der Waals surface area contributed by atoms with Gasteiger partial charge in [-0.1, -0.05) is 0 Å². The van der Waals surface area contributed by atoms with Gasteiger partial charge in [-0.3, -0.25) is 4.79 Å². The average molecular weight is 293 g/mol. The van der Waals surface area contributed by atoms with E-state index in [4.69, 9.17) is 5.11 Å². The van der Waals surface area contributed by atoms with Gasteiger partial charge >= 0.3 is 5.97 Å². The minimum atomic E-state index is -1.02. The van der Waals surface area contributed by atoms with E-state index in [0.29, 0.717) is 9.88 Å². The van der Waals surface area contributed by atoms with Crippen molar-refractivity contribution in [3.8, 4) is 0 Å². The first-order valence-corrected chi connectivity index (χ1v) is 7.58. The van der Waals surface area contributed by atoms with Crippen LogP contribution in [0.2, 0.25) is 0 Å². The fourth-order valence-electron chi connectivity index (χ4n) is 2.18. The van der Waals surface area contributed by atoms with Gasteiger partial charge in [-0.25, -0.2) is 4.79 Å². The Balaban J connectivity index is 1.81. The van der Waals surface area contributed by atoms with Crippen molar-refractivity contribution in [2.24, 2.45) is 0 Å². The molecule has 0 radical (unpaired) electrons. The fourth-order valence-corrected chi connectivity index (χ4v) is 4.10. The second kappa shape index (κ2) is 4.79. The van der Waals surface area contributed by atoms with Crippen molar-refractivity contribution in [3.63, 3.8) is 0 Å². The number of fused-ring (bicyclic) bond motifs is 1. The van der Waals surface area contributed by atoms with Crippen LogP contribution in [0.5, 0.6) is 0 Å². The maximum atomic E-state index is 12.1. The zero-order valence-electron chi connectivity index (χ0n) is 9.93. The van der Waals surface area contributed by atoms with Gasteiger partial charge in [-0.05, 0) is 42.3 Å². The predicted molar refractivity (Wildman–Crippen MR) is 75.6 cm³/mol. The van der Waals surface area contributed by atoms with E-state index in [1.165, 1.54) is 39.2 Å². The first-order valence-electron chi connectivity index (χ1n) is 5.89. The van der Waals surface area contributed by atoms with Crippen LogP contribution in [0.25, 0.3) is 0 Å². The van der Waals surface area contributed by atoms with E-state index in [-0.39, 0.29) is 11.5 Å². The summed E-state index contributed by atoms with van der Waals surface area (Å²) >= 11 is 2.73. The highest BCUT2D eigenvalue weighted by atomic mass is 32.1. The third kappa shape index (κ3) is 2.29. The first-order chi connectivity index (χ1) is 9.15.